The van der Waals surface area contributed by atoms with Crippen molar-refractivity contribution in [3.8, 4) is 0 Å². The van der Waals surface area contributed by atoms with E-state index in [0.29, 0.717) is 0 Å². The van der Waals surface area contributed by atoms with Crippen molar-refractivity contribution in [3.05, 3.63) is 70.5 Å². The molecule has 27 heavy (non-hydrogen) atoms. The van der Waals surface area contributed by atoms with Crippen LogP contribution in [0.1, 0.15) is 53.5 Å². The van der Waals surface area contributed by atoms with E-state index in [0.717, 1.165) is 50.9 Å². The van der Waals surface area contributed by atoms with Crippen molar-refractivity contribution in [1.82, 2.24) is 4.90 Å². The number of fused-ring (bicyclic) bond motifs is 5. The second-order valence-corrected chi connectivity index (χ2v) is 8.30. The summed E-state index contributed by atoms with van der Waals surface area (Å²) in [6, 6.07) is 13.7. The summed E-state index contributed by atoms with van der Waals surface area (Å²) in [6.45, 7) is 2.60. The van der Waals surface area contributed by atoms with Crippen LogP contribution in [0.25, 0.3) is 0 Å². The predicted molar refractivity (Wildman–Crippen MR) is 102 cm³/mol. The van der Waals surface area contributed by atoms with Gasteiger partial charge in [-0.15, -0.1) is 0 Å². The Hall–Kier alpha value is -1.75. The molecule has 1 aliphatic carbocycles. The molecule has 2 fully saturated rings. The van der Waals surface area contributed by atoms with Crippen LogP contribution in [0, 0.1) is 5.82 Å². The summed E-state index contributed by atoms with van der Waals surface area (Å²) in [4.78, 5) is 2.32. The maximum Gasteiger partial charge on any atom is 0.123 e. The zero-order valence-corrected chi connectivity index (χ0v) is 15.5. The molecule has 5 rings (SSSR count). The second kappa shape index (κ2) is 7.01. The molecule has 4 unspecified atom stereocenters. The highest BCUT2D eigenvalue weighted by Crippen LogP contribution is 2.49. The number of β-amino-alcohol motifs (C(OH)–C–C–N with tert-alkyl or cyclic N) is 1. The number of halogens is 1. The lowest BCUT2D eigenvalue weighted by atomic mass is 9.87. The van der Waals surface area contributed by atoms with Crippen molar-refractivity contribution in [2.24, 2.45) is 0 Å². The number of nitrogens with zero attached hydrogens (tertiary/aromatic N) is 1. The summed E-state index contributed by atoms with van der Waals surface area (Å²) in [5.41, 5.74) is 4.86. The van der Waals surface area contributed by atoms with Crippen molar-refractivity contribution in [3.63, 3.8) is 0 Å². The first-order valence-corrected chi connectivity index (χ1v) is 10.1. The molecule has 2 aliphatic heterocycles. The molecule has 1 N–H and O–H groups in total. The van der Waals surface area contributed by atoms with Crippen molar-refractivity contribution in [1.29, 1.82) is 0 Å². The average Bonchev–Trinajstić information content (AvgIpc) is 3.02. The Balaban J connectivity index is 1.46. The summed E-state index contributed by atoms with van der Waals surface area (Å²) in [5.74, 6) is 0.0774. The Kier molecular flexibility index (Phi) is 4.50. The monoisotopic (exact) mass is 367 g/mol. The Morgan fingerprint density at radius 3 is 2.85 bits per heavy atom. The molecule has 2 aromatic carbocycles. The standard InChI is InChI=1S/C23H26FNO2/c24-17-8-7-16-10-15-4-1-2-6-20(15)22-12-19(27-23(22)21(16)11-17)14-25-9-3-5-18(26)13-25/h1-2,4,6-8,11,18-19,22-23,26H,3,5,9-10,12-14H2. The normalized spacial score (nSPS) is 30.3. The van der Waals surface area contributed by atoms with E-state index in [4.69, 9.17) is 4.74 Å². The number of ether oxygens (including phenoxy) is 1. The van der Waals surface area contributed by atoms with Crippen LogP contribution in [0.5, 0.6) is 0 Å². The first kappa shape index (κ1) is 17.4. The number of aliphatic hydroxyl groups is 1. The van der Waals surface area contributed by atoms with Crippen molar-refractivity contribution >= 4 is 0 Å². The van der Waals surface area contributed by atoms with E-state index in [1.54, 1.807) is 12.1 Å². The van der Waals surface area contributed by atoms with Gasteiger partial charge in [-0.1, -0.05) is 30.3 Å². The highest BCUT2D eigenvalue weighted by molar-refractivity contribution is 5.45. The minimum Gasteiger partial charge on any atom is -0.392 e. The minimum absolute atomic E-state index is 0.0842. The predicted octanol–water partition coefficient (Wildman–Crippen LogP) is 3.80. The minimum atomic E-state index is -0.221. The Morgan fingerprint density at radius 2 is 1.96 bits per heavy atom. The Labute approximate surface area is 159 Å². The highest BCUT2D eigenvalue weighted by Gasteiger charge is 2.41. The molecule has 2 saturated heterocycles. The molecule has 0 amide bonds. The van der Waals surface area contributed by atoms with Gasteiger partial charge in [0.05, 0.1) is 18.3 Å². The van der Waals surface area contributed by atoms with Crippen LogP contribution in [0.15, 0.2) is 42.5 Å². The van der Waals surface area contributed by atoms with E-state index in [-0.39, 0.29) is 30.0 Å². The van der Waals surface area contributed by atoms with Gasteiger partial charge in [-0.2, -0.15) is 0 Å². The molecule has 4 heteroatoms. The molecule has 2 heterocycles. The third kappa shape index (κ3) is 3.31. The van der Waals surface area contributed by atoms with Gasteiger partial charge in [-0.25, -0.2) is 4.39 Å². The molecular formula is C23H26FNO2. The summed E-state index contributed by atoms with van der Waals surface area (Å²) in [5, 5.41) is 9.96. The SMILES string of the molecule is OC1CCCN(CC2CC3c4ccccc4Cc4ccc(F)cc4C3O2)C1. The number of benzene rings is 2. The van der Waals surface area contributed by atoms with E-state index in [1.807, 2.05) is 6.07 Å². The van der Waals surface area contributed by atoms with Gasteiger partial charge in [-0.05, 0) is 66.6 Å². The molecule has 0 saturated carbocycles. The van der Waals surface area contributed by atoms with E-state index < -0.39 is 0 Å². The van der Waals surface area contributed by atoms with E-state index in [9.17, 15) is 9.50 Å². The van der Waals surface area contributed by atoms with Crippen LogP contribution in [-0.2, 0) is 11.2 Å². The van der Waals surface area contributed by atoms with E-state index >= 15 is 0 Å². The summed E-state index contributed by atoms with van der Waals surface area (Å²) < 4.78 is 20.6. The average molecular weight is 367 g/mol. The molecule has 3 nitrogen and oxygen atoms in total. The van der Waals surface area contributed by atoms with Gasteiger partial charge in [0.15, 0.2) is 0 Å². The Bertz CT molecular complexity index is 839. The number of piperidine rings is 1. The lowest BCUT2D eigenvalue weighted by molar-refractivity contribution is -0.00131. The second-order valence-electron chi connectivity index (χ2n) is 8.30. The highest BCUT2D eigenvalue weighted by atomic mass is 19.1. The molecule has 142 valence electrons. The van der Waals surface area contributed by atoms with Crippen LogP contribution in [0.3, 0.4) is 0 Å². The van der Waals surface area contributed by atoms with Crippen molar-refractivity contribution < 1.29 is 14.2 Å². The van der Waals surface area contributed by atoms with Gasteiger partial charge >= 0.3 is 0 Å². The first-order chi connectivity index (χ1) is 13.2. The van der Waals surface area contributed by atoms with Crippen LogP contribution in [0.2, 0.25) is 0 Å². The van der Waals surface area contributed by atoms with Crippen molar-refractivity contribution in [2.75, 3.05) is 19.6 Å². The Morgan fingerprint density at radius 1 is 1.11 bits per heavy atom. The number of likely N-dealkylation sites (tertiary alicyclic amines) is 1. The molecule has 0 aromatic heterocycles. The van der Waals surface area contributed by atoms with Crippen LogP contribution < -0.4 is 0 Å². The largest absolute Gasteiger partial charge is 0.392 e. The fourth-order valence-corrected chi connectivity index (χ4v) is 5.20. The van der Waals surface area contributed by atoms with Gasteiger partial charge in [-0.3, -0.25) is 4.90 Å². The first-order valence-electron chi connectivity index (χ1n) is 10.1. The smallest absolute Gasteiger partial charge is 0.123 e. The third-order valence-electron chi connectivity index (χ3n) is 6.41. The lowest BCUT2D eigenvalue weighted by Crippen LogP contribution is -2.42. The van der Waals surface area contributed by atoms with Gasteiger partial charge in [0, 0.05) is 19.0 Å². The fraction of sp³-hybridized carbons (Fsp3) is 0.478. The number of hydrogen-bond donors (Lipinski definition) is 1. The maximum absolute atomic E-state index is 14.0. The molecule has 0 bridgehead atoms. The lowest BCUT2D eigenvalue weighted by Gasteiger charge is -2.31. The summed E-state index contributed by atoms with van der Waals surface area (Å²) in [7, 11) is 0. The van der Waals surface area contributed by atoms with E-state index in [2.05, 4.69) is 29.2 Å². The molecule has 4 atom stereocenters. The maximum atomic E-state index is 14.0. The number of rotatable bonds is 2. The van der Waals surface area contributed by atoms with Crippen LogP contribution in [-0.4, -0.2) is 41.8 Å². The quantitative estimate of drug-likeness (QED) is 0.876. The molecular weight excluding hydrogens is 341 g/mol. The zero-order valence-electron chi connectivity index (χ0n) is 15.5. The van der Waals surface area contributed by atoms with Gasteiger partial charge in [0.2, 0.25) is 0 Å². The molecule has 0 radical (unpaired) electrons. The van der Waals surface area contributed by atoms with Gasteiger partial charge < -0.3 is 9.84 Å². The number of hydrogen-bond acceptors (Lipinski definition) is 3. The van der Waals surface area contributed by atoms with Crippen LogP contribution in [0.4, 0.5) is 4.39 Å². The summed E-state index contributed by atoms with van der Waals surface area (Å²) in [6.07, 6.45) is 3.54. The number of aliphatic hydroxyl groups excluding tert-OH is 1. The topological polar surface area (TPSA) is 32.7 Å². The van der Waals surface area contributed by atoms with Crippen LogP contribution >= 0.6 is 0 Å². The van der Waals surface area contributed by atoms with Gasteiger partial charge in [0.25, 0.3) is 0 Å². The van der Waals surface area contributed by atoms with Gasteiger partial charge in [0.1, 0.15) is 5.82 Å². The molecule has 0 spiro atoms. The fourth-order valence-electron chi connectivity index (χ4n) is 5.20. The van der Waals surface area contributed by atoms with E-state index in [1.165, 1.54) is 16.7 Å². The third-order valence-corrected chi connectivity index (χ3v) is 6.41. The van der Waals surface area contributed by atoms with Crippen molar-refractivity contribution in [2.45, 2.75) is 49.9 Å². The molecule has 2 aromatic rings. The zero-order chi connectivity index (χ0) is 18.4. The summed E-state index contributed by atoms with van der Waals surface area (Å²) >= 11 is 0. The molecule has 3 aliphatic rings.